The Hall–Kier alpha value is -1.03. The number of rotatable bonds is 3. The van der Waals surface area contributed by atoms with Crippen LogP contribution in [0.15, 0.2) is 22.7 Å². The fourth-order valence-electron chi connectivity index (χ4n) is 2.23. The Balaban J connectivity index is 2.15. The number of carboxylic acids is 1. The number of benzene rings is 1. The van der Waals surface area contributed by atoms with E-state index in [1.807, 2.05) is 18.2 Å². The molecule has 3 nitrogen and oxygen atoms in total. The van der Waals surface area contributed by atoms with Crippen LogP contribution in [0.4, 0.5) is 5.69 Å². The summed E-state index contributed by atoms with van der Waals surface area (Å²) in [6.07, 6.45) is 3.87. The van der Waals surface area contributed by atoms with Crippen molar-refractivity contribution in [2.45, 2.75) is 25.7 Å². The number of hydrogen-bond donors (Lipinski definition) is 1. The van der Waals surface area contributed by atoms with Crippen molar-refractivity contribution in [3.63, 3.8) is 0 Å². The predicted molar refractivity (Wildman–Crippen MR) is 71.5 cm³/mol. The summed E-state index contributed by atoms with van der Waals surface area (Å²) in [5.74, 6) is -0.789. The standard InChI is InChI=1S/C13H16BrNO2/c14-11-8-10(9-13(16)17)4-5-12(11)15-6-2-1-3-7-15/h4-5,8H,1-3,6-7,9H2,(H,16,17). The van der Waals surface area contributed by atoms with Crippen LogP contribution < -0.4 is 4.90 Å². The minimum absolute atomic E-state index is 0.0822. The van der Waals surface area contributed by atoms with E-state index in [-0.39, 0.29) is 6.42 Å². The normalized spacial score (nSPS) is 15.9. The van der Waals surface area contributed by atoms with E-state index >= 15 is 0 Å². The van der Waals surface area contributed by atoms with E-state index < -0.39 is 5.97 Å². The molecule has 1 aliphatic heterocycles. The van der Waals surface area contributed by atoms with Gasteiger partial charge in [-0.15, -0.1) is 0 Å². The number of piperidine rings is 1. The lowest BCUT2D eigenvalue weighted by atomic mass is 10.1. The Bertz CT molecular complexity index is 414. The largest absolute Gasteiger partial charge is 0.481 e. The van der Waals surface area contributed by atoms with Crippen LogP contribution in [0.25, 0.3) is 0 Å². The highest BCUT2D eigenvalue weighted by Crippen LogP contribution is 2.29. The number of nitrogens with zero attached hydrogens (tertiary/aromatic N) is 1. The molecule has 0 aromatic heterocycles. The van der Waals surface area contributed by atoms with Gasteiger partial charge in [0.15, 0.2) is 0 Å². The maximum absolute atomic E-state index is 10.6. The molecule has 0 spiro atoms. The van der Waals surface area contributed by atoms with Gasteiger partial charge in [-0.1, -0.05) is 6.07 Å². The van der Waals surface area contributed by atoms with Gasteiger partial charge in [-0.05, 0) is 52.9 Å². The first-order chi connectivity index (χ1) is 8.16. The first kappa shape index (κ1) is 12.4. The molecule has 1 aliphatic rings. The van der Waals surface area contributed by atoms with Crippen molar-refractivity contribution in [3.8, 4) is 0 Å². The monoisotopic (exact) mass is 297 g/mol. The van der Waals surface area contributed by atoms with Gasteiger partial charge in [-0.2, -0.15) is 0 Å². The quantitative estimate of drug-likeness (QED) is 0.932. The molecule has 17 heavy (non-hydrogen) atoms. The second kappa shape index (κ2) is 5.54. The summed E-state index contributed by atoms with van der Waals surface area (Å²) in [5, 5.41) is 8.75. The highest BCUT2D eigenvalue weighted by atomic mass is 79.9. The third-order valence-electron chi connectivity index (χ3n) is 3.06. The van der Waals surface area contributed by atoms with Gasteiger partial charge in [-0.25, -0.2) is 0 Å². The van der Waals surface area contributed by atoms with Gasteiger partial charge < -0.3 is 10.0 Å². The van der Waals surface area contributed by atoms with Crippen molar-refractivity contribution in [3.05, 3.63) is 28.2 Å². The maximum Gasteiger partial charge on any atom is 0.307 e. The minimum atomic E-state index is -0.789. The number of carbonyl (C=O) groups is 1. The van der Waals surface area contributed by atoms with E-state index in [9.17, 15) is 4.79 Å². The van der Waals surface area contributed by atoms with Crippen LogP contribution in [-0.2, 0) is 11.2 Å². The zero-order chi connectivity index (χ0) is 12.3. The average molecular weight is 298 g/mol. The van der Waals surface area contributed by atoms with Crippen LogP contribution in [0.5, 0.6) is 0 Å². The van der Waals surface area contributed by atoms with Gasteiger partial charge in [0, 0.05) is 17.6 Å². The van der Waals surface area contributed by atoms with Gasteiger partial charge in [0.25, 0.3) is 0 Å². The third-order valence-corrected chi connectivity index (χ3v) is 3.70. The third kappa shape index (κ3) is 3.22. The average Bonchev–Trinajstić information content (AvgIpc) is 2.29. The molecule has 0 aliphatic carbocycles. The van der Waals surface area contributed by atoms with Crippen LogP contribution in [0.3, 0.4) is 0 Å². The second-order valence-electron chi connectivity index (χ2n) is 4.40. The molecular weight excluding hydrogens is 282 g/mol. The zero-order valence-electron chi connectivity index (χ0n) is 9.66. The van der Waals surface area contributed by atoms with E-state index in [2.05, 4.69) is 20.8 Å². The Labute approximate surface area is 110 Å². The van der Waals surface area contributed by atoms with Crippen LogP contribution >= 0.6 is 15.9 Å². The van der Waals surface area contributed by atoms with E-state index in [0.29, 0.717) is 0 Å². The lowest BCUT2D eigenvalue weighted by Crippen LogP contribution is -2.29. The molecule has 1 saturated heterocycles. The van der Waals surface area contributed by atoms with Crippen LogP contribution in [0.2, 0.25) is 0 Å². The molecule has 0 saturated carbocycles. The lowest BCUT2D eigenvalue weighted by molar-refractivity contribution is -0.136. The molecule has 0 unspecified atom stereocenters. The topological polar surface area (TPSA) is 40.5 Å². The van der Waals surface area contributed by atoms with Crippen molar-refractivity contribution in [2.24, 2.45) is 0 Å². The summed E-state index contributed by atoms with van der Waals surface area (Å²) in [4.78, 5) is 13.0. The molecule has 1 fully saturated rings. The van der Waals surface area contributed by atoms with E-state index in [0.717, 1.165) is 23.1 Å². The zero-order valence-corrected chi connectivity index (χ0v) is 11.2. The Morgan fingerprint density at radius 1 is 1.29 bits per heavy atom. The molecular formula is C13H16BrNO2. The van der Waals surface area contributed by atoms with Crippen LogP contribution in [0.1, 0.15) is 24.8 Å². The van der Waals surface area contributed by atoms with Crippen molar-refractivity contribution < 1.29 is 9.90 Å². The van der Waals surface area contributed by atoms with Gasteiger partial charge >= 0.3 is 5.97 Å². The van der Waals surface area contributed by atoms with Crippen LogP contribution in [-0.4, -0.2) is 24.2 Å². The lowest BCUT2D eigenvalue weighted by Gasteiger charge is -2.29. The van der Waals surface area contributed by atoms with Crippen LogP contribution in [0, 0.1) is 0 Å². The molecule has 0 atom stereocenters. The summed E-state index contributed by atoms with van der Waals surface area (Å²) >= 11 is 3.54. The van der Waals surface area contributed by atoms with E-state index in [1.165, 1.54) is 24.9 Å². The first-order valence-corrected chi connectivity index (χ1v) is 6.71. The maximum atomic E-state index is 10.6. The molecule has 4 heteroatoms. The molecule has 92 valence electrons. The number of halogens is 1. The Morgan fingerprint density at radius 3 is 2.59 bits per heavy atom. The van der Waals surface area contributed by atoms with Crippen molar-refractivity contribution in [2.75, 3.05) is 18.0 Å². The molecule has 0 radical (unpaired) electrons. The Kier molecular flexibility index (Phi) is 4.05. The van der Waals surface area contributed by atoms with Gasteiger partial charge in [0.05, 0.1) is 12.1 Å². The highest BCUT2D eigenvalue weighted by molar-refractivity contribution is 9.10. The first-order valence-electron chi connectivity index (χ1n) is 5.92. The minimum Gasteiger partial charge on any atom is -0.481 e. The SMILES string of the molecule is O=C(O)Cc1ccc(N2CCCCC2)c(Br)c1. The smallest absolute Gasteiger partial charge is 0.307 e. The van der Waals surface area contributed by atoms with Gasteiger partial charge in [0.1, 0.15) is 0 Å². The fourth-order valence-corrected chi connectivity index (χ4v) is 2.90. The molecule has 1 heterocycles. The number of carboxylic acid groups (broad SMARTS) is 1. The molecule has 0 bridgehead atoms. The number of anilines is 1. The summed E-state index contributed by atoms with van der Waals surface area (Å²) in [6, 6.07) is 5.84. The van der Waals surface area contributed by atoms with E-state index in [1.54, 1.807) is 0 Å². The van der Waals surface area contributed by atoms with Crippen molar-refractivity contribution >= 4 is 27.6 Å². The fraction of sp³-hybridized carbons (Fsp3) is 0.462. The molecule has 1 N–H and O–H groups in total. The van der Waals surface area contributed by atoms with Gasteiger partial charge in [0.2, 0.25) is 0 Å². The second-order valence-corrected chi connectivity index (χ2v) is 5.26. The molecule has 0 amide bonds. The summed E-state index contributed by atoms with van der Waals surface area (Å²) in [6.45, 7) is 2.19. The molecule has 1 aromatic carbocycles. The van der Waals surface area contributed by atoms with E-state index in [4.69, 9.17) is 5.11 Å². The summed E-state index contributed by atoms with van der Waals surface area (Å²) in [5.41, 5.74) is 2.02. The Morgan fingerprint density at radius 2 is 2.00 bits per heavy atom. The number of hydrogen-bond acceptors (Lipinski definition) is 2. The predicted octanol–water partition coefficient (Wildman–Crippen LogP) is 3.07. The van der Waals surface area contributed by atoms with Crippen molar-refractivity contribution in [1.29, 1.82) is 0 Å². The van der Waals surface area contributed by atoms with Gasteiger partial charge in [-0.3, -0.25) is 4.79 Å². The molecule has 2 rings (SSSR count). The molecule has 1 aromatic rings. The van der Waals surface area contributed by atoms with Crippen molar-refractivity contribution in [1.82, 2.24) is 0 Å². The summed E-state index contributed by atoms with van der Waals surface area (Å²) in [7, 11) is 0. The highest BCUT2D eigenvalue weighted by Gasteiger charge is 2.14. The number of aliphatic carboxylic acids is 1. The summed E-state index contributed by atoms with van der Waals surface area (Å²) < 4.78 is 0.998.